The molecule has 2 atom stereocenters. The minimum absolute atomic E-state index is 0.0782. The van der Waals surface area contributed by atoms with Crippen LogP contribution in [0.25, 0.3) is 0 Å². The summed E-state index contributed by atoms with van der Waals surface area (Å²) < 4.78 is 7.04. The monoisotopic (exact) mass is 309 g/mol. The number of thiazole rings is 1. The number of ether oxygens (including phenoxy) is 1. The standard InChI is InChI=1S/C9H12INOS/c1-9(5-10)3-2-8(12-9)7-4-13-6-11-7/h4,6,8H,2-3,5H2,1H3. The van der Waals surface area contributed by atoms with E-state index in [0.29, 0.717) is 0 Å². The lowest BCUT2D eigenvalue weighted by Crippen LogP contribution is -2.24. The van der Waals surface area contributed by atoms with Crippen molar-refractivity contribution in [1.29, 1.82) is 0 Å². The molecule has 2 unspecified atom stereocenters. The molecule has 1 saturated heterocycles. The fourth-order valence-corrected chi connectivity index (χ4v) is 2.74. The molecule has 2 nitrogen and oxygen atoms in total. The second-order valence-electron chi connectivity index (χ2n) is 3.64. The van der Waals surface area contributed by atoms with Gasteiger partial charge in [0.2, 0.25) is 0 Å². The molecule has 4 heteroatoms. The molecule has 0 aromatic carbocycles. The van der Waals surface area contributed by atoms with E-state index in [0.717, 1.165) is 23.0 Å². The van der Waals surface area contributed by atoms with E-state index >= 15 is 0 Å². The number of aromatic nitrogens is 1. The van der Waals surface area contributed by atoms with Crippen molar-refractivity contribution < 1.29 is 4.74 Å². The summed E-state index contributed by atoms with van der Waals surface area (Å²) in [6.45, 7) is 2.19. The van der Waals surface area contributed by atoms with Crippen LogP contribution < -0.4 is 0 Å². The lowest BCUT2D eigenvalue weighted by Gasteiger charge is -2.21. The Morgan fingerprint density at radius 1 is 1.85 bits per heavy atom. The van der Waals surface area contributed by atoms with E-state index in [4.69, 9.17) is 4.74 Å². The topological polar surface area (TPSA) is 22.1 Å². The van der Waals surface area contributed by atoms with Crippen LogP contribution in [0.1, 0.15) is 31.6 Å². The van der Waals surface area contributed by atoms with Crippen LogP contribution in [0, 0.1) is 0 Å². The molecule has 13 heavy (non-hydrogen) atoms. The van der Waals surface area contributed by atoms with Crippen molar-refractivity contribution in [3.8, 4) is 0 Å². The van der Waals surface area contributed by atoms with Gasteiger partial charge in [-0.2, -0.15) is 0 Å². The SMILES string of the molecule is CC1(CI)CCC(c2cscn2)O1. The highest BCUT2D eigenvalue weighted by Gasteiger charge is 2.36. The van der Waals surface area contributed by atoms with Crippen LogP contribution in [0.3, 0.4) is 0 Å². The molecule has 72 valence electrons. The van der Waals surface area contributed by atoms with Crippen molar-refractivity contribution in [3.05, 3.63) is 16.6 Å². The Bertz CT molecular complexity index is 277. The molecular formula is C9H12INOS. The number of rotatable bonds is 2. The van der Waals surface area contributed by atoms with Gasteiger partial charge < -0.3 is 4.74 Å². The third-order valence-corrected chi connectivity index (χ3v) is 4.64. The van der Waals surface area contributed by atoms with Gasteiger partial charge in [-0.15, -0.1) is 11.3 Å². The highest BCUT2D eigenvalue weighted by molar-refractivity contribution is 14.1. The molecule has 1 aliphatic rings. The number of halogens is 1. The summed E-state index contributed by atoms with van der Waals surface area (Å²) in [5.41, 5.74) is 3.06. The Balaban J connectivity index is 2.07. The van der Waals surface area contributed by atoms with E-state index in [1.807, 2.05) is 5.51 Å². The second kappa shape index (κ2) is 3.82. The zero-order valence-corrected chi connectivity index (χ0v) is 10.5. The lowest BCUT2D eigenvalue weighted by molar-refractivity contribution is -0.0125. The summed E-state index contributed by atoms with van der Waals surface area (Å²) in [6, 6.07) is 0. The molecule has 2 heterocycles. The van der Waals surface area contributed by atoms with Crippen LogP contribution in [0.15, 0.2) is 10.9 Å². The van der Waals surface area contributed by atoms with Gasteiger partial charge in [0, 0.05) is 9.81 Å². The van der Waals surface area contributed by atoms with Gasteiger partial charge in [0.1, 0.15) is 6.10 Å². The number of nitrogens with zero attached hydrogens (tertiary/aromatic N) is 1. The summed E-state index contributed by atoms with van der Waals surface area (Å²) in [5.74, 6) is 0. The third-order valence-electron chi connectivity index (χ3n) is 2.43. The minimum Gasteiger partial charge on any atom is -0.365 e. The van der Waals surface area contributed by atoms with Crippen molar-refractivity contribution in [2.45, 2.75) is 31.5 Å². The average Bonchev–Trinajstić information content (AvgIpc) is 2.73. The molecule has 0 radical (unpaired) electrons. The molecule has 0 saturated carbocycles. The van der Waals surface area contributed by atoms with Crippen LogP contribution in [-0.2, 0) is 4.74 Å². The van der Waals surface area contributed by atoms with E-state index in [9.17, 15) is 0 Å². The molecule has 0 aliphatic carbocycles. The molecule has 0 amide bonds. The first-order valence-corrected chi connectivity index (χ1v) is 6.82. The fourth-order valence-electron chi connectivity index (χ4n) is 1.59. The molecule has 0 bridgehead atoms. The first-order chi connectivity index (χ1) is 6.23. The van der Waals surface area contributed by atoms with E-state index in [-0.39, 0.29) is 11.7 Å². The molecule has 1 aromatic heterocycles. The number of hydrogen-bond donors (Lipinski definition) is 0. The van der Waals surface area contributed by atoms with E-state index in [1.54, 1.807) is 11.3 Å². The maximum atomic E-state index is 5.98. The molecule has 0 N–H and O–H groups in total. The zero-order valence-electron chi connectivity index (χ0n) is 7.50. The maximum absolute atomic E-state index is 5.98. The number of alkyl halides is 1. The summed E-state index contributed by atoms with van der Waals surface area (Å²) in [4.78, 5) is 4.29. The van der Waals surface area contributed by atoms with Gasteiger partial charge in [0.15, 0.2) is 0 Å². The summed E-state index contributed by atoms with van der Waals surface area (Å²) in [6.07, 6.45) is 2.51. The van der Waals surface area contributed by atoms with Gasteiger partial charge in [0.25, 0.3) is 0 Å². The predicted molar refractivity (Wildman–Crippen MR) is 62.5 cm³/mol. The van der Waals surface area contributed by atoms with E-state index in [1.165, 1.54) is 0 Å². The number of hydrogen-bond acceptors (Lipinski definition) is 3. The molecule has 2 rings (SSSR count). The highest BCUT2D eigenvalue weighted by atomic mass is 127. The lowest BCUT2D eigenvalue weighted by atomic mass is 10.1. The van der Waals surface area contributed by atoms with E-state index < -0.39 is 0 Å². The van der Waals surface area contributed by atoms with Gasteiger partial charge in [-0.25, -0.2) is 4.98 Å². The van der Waals surface area contributed by atoms with Crippen molar-refractivity contribution in [3.63, 3.8) is 0 Å². The van der Waals surface area contributed by atoms with Crippen LogP contribution in [-0.4, -0.2) is 15.0 Å². The van der Waals surface area contributed by atoms with Gasteiger partial charge in [0.05, 0.1) is 16.8 Å². The van der Waals surface area contributed by atoms with E-state index in [2.05, 4.69) is 39.9 Å². The molecule has 1 fully saturated rings. The highest BCUT2D eigenvalue weighted by Crippen LogP contribution is 2.39. The molecule has 0 spiro atoms. The maximum Gasteiger partial charge on any atom is 0.101 e. The Labute approximate surface area is 95.9 Å². The normalized spacial score (nSPS) is 33.8. The molecule has 1 aromatic rings. The van der Waals surface area contributed by atoms with Crippen molar-refractivity contribution in [1.82, 2.24) is 4.98 Å². The van der Waals surface area contributed by atoms with Gasteiger partial charge in [-0.05, 0) is 19.8 Å². The van der Waals surface area contributed by atoms with Crippen molar-refractivity contribution in [2.24, 2.45) is 0 Å². The Kier molecular flexibility index (Phi) is 2.90. The van der Waals surface area contributed by atoms with Crippen LogP contribution in [0.2, 0.25) is 0 Å². The largest absolute Gasteiger partial charge is 0.365 e. The first-order valence-electron chi connectivity index (χ1n) is 4.35. The summed E-state index contributed by atoms with van der Waals surface area (Å²) in [5, 5.41) is 2.09. The Morgan fingerprint density at radius 3 is 3.23 bits per heavy atom. The van der Waals surface area contributed by atoms with Crippen molar-refractivity contribution in [2.75, 3.05) is 4.43 Å². The van der Waals surface area contributed by atoms with Crippen LogP contribution in [0.4, 0.5) is 0 Å². The summed E-state index contributed by atoms with van der Waals surface area (Å²) in [7, 11) is 0. The average molecular weight is 309 g/mol. The van der Waals surface area contributed by atoms with Crippen LogP contribution in [0.5, 0.6) is 0 Å². The van der Waals surface area contributed by atoms with Crippen molar-refractivity contribution >= 4 is 33.9 Å². The Morgan fingerprint density at radius 2 is 2.69 bits per heavy atom. The molecule has 1 aliphatic heterocycles. The quantitative estimate of drug-likeness (QED) is 0.618. The second-order valence-corrected chi connectivity index (χ2v) is 5.12. The van der Waals surface area contributed by atoms with Gasteiger partial charge in [-0.1, -0.05) is 22.6 Å². The summed E-state index contributed by atoms with van der Waals surface area (Å²) >= 11 is 4.03. The minimum atomic E-state index is 0.0782. The van der Waals surface area contributed by atoms with Crippen LogP contribution >= 0.6 is 33.9 Å². The molecular weight excluding hydrogens is 297 g/mol. The first kappa shape index (κ1) is 9.86. The predicted octanol–water partition coefficient (Wildman–Crippen LogP) is 3.19. The fraction of sp³-hybridized carbons (Fsp3) is 0.667. The van der Waals surface area contributed by atoms with Gasteiger partial charge >= 0.3 is 0 Å². The van der Waals surface area contributed by atoms with Gasteiger partial charge in [-0.3, -0.25) is 0 Å². The smallest absolute Gasteiger partial charge is 0.101 e. The third kappa shape index (κ3) is 2.05. The Hall–Kier alpha value is 0.320. The zero-order chi connectivity index (χ0) is 9.31.